The van der Waals surface area contributed by atoms with Gasteiger partial charge in [0.1, 0.15) is 6.10 Å². The van der Waals surface area contributed by atoms with Gasteiger partial charge in [-0.25, -0.2) is 15.0 Å². The fraction of sp³-hybridized carbons (Fsp3) is 0.333. The maximum absolute atomic E-state index is 13.0. The van der Waals surface area contributed by atoms with Crippen LogP contribution in [0.2, 0.25) is 0 Å². The van der Waals surface area contributed by atoms with Crippen LogP contribution in [0.4, 0.5) is 0 Å². The third-order valence-corrected chi connectivity index (χ3v) is 4.94. The molecule has 0 saturated carbocycles. The molecule has 8 heteroatoms. The lowest BCUT2D eigenvalue weighted by Gasteiger charge is -2.32. The van der Waals surface area contributed by atoms with Crippen LogP contribution in [0.5, 0.6) is 5.88 Å². The zero-order chi connectivity index (χ0) is 20.5. The molecule has 1 aliphatic heterocycles. The Morgan fingerprint density at radius 1 is 1.34 bits per heavy atom. The third-order valence-electron chi connectivity index (χ3n) is 4.47. The number of piperidine rings is 1. The first-order valence-corrected chi connectivity index (χ1v) is 10.3. The predicted octanol–water partition coefficient (Wildman–Crippen LogP) is 3.21. The number of rotatable bonds is 7. The van der Waals surface area contributed by atoms with Crippen LogP contribution in [-0.4, -0.2) is 52.0 Å². The standard InChI is InChI=1S/C21H24BrN5O2/c1-23-9-2-5-16(21-24-10-4-11-25-21)13-20(28)27-12-3-6-18(15-27)29-19-8-7-17(22)14-26-19/h2,4-5,7-11,14,18,23H,3,6,12-13,15H2,1H3/b9-2-,16-5+/t18-/m1/s1. The first kappa shape index (κ1) is 21.0. The molecule has 0 unspecified atom stereocenters. The van der Waals surface area contributed by atoms with Crippen molar-refractivity contribution in [1.82, 2.24) is 25.2 Å². The maximum atomic E-state index is 13.0. The highest BCUT2D eigenvalue weighted by atomic mass is 79.9. The largest absolute Gasteiger partial charge is 0.472 e. The minimum absolute atomic E-state index is 0.0404. The summed E-state index contributed by atoms with van der Waals surface area (Å²) in [5, 5.41) is 2.94. The van der Waals surface area contributed by atoms with Crippen LogP contribution in [-0.2, 0) is 4.79 Å². The van der Waals surface area contributed by atoms with Gasteiger partial charge in [0, 0.05) is 48.3 Å². The van der Waals surface area contributed by atoms with Crippen molar-refractivity contribution in [2.45, 2.75) is 25.4 Å². The number of carbonyl (C=O) groups is 1. The summed E-state index contributed by atoms with van der Waals surface area (Å²) in [6.45, 7) is 1.27. The van der Waals surface area contributed by atoms with Gasteiger partial charge in [-0.15, -0.1) is 0 Å². The number of likely N-dealkylation sites (tertiary alicyclic amines) is 1. The molecule has 1 fully saturated rings. The van der Waals surface area contributed by atoms with E-state index in [9.17, 15) is 4.79 Å². The monoisotopic (exact) mass is 457 g/mol. The maximum Gasteiger partial charge on any atom is 0.227 e. The number of carbonyl (C=O) groups excluding carboxylic acids is 1. The number of amides is 1. The smallest absolute Gasteiger partial charge is 0.227 e. The Bertz CT molecular complexity index is 855. The lowest BCUT2D eigenvalue weighted by molar-refractivity contribution is -0.132. The number of nitrogens with one attached hydrogen (secondary N) is 1. The molecule has 1 aliphatic rings. The second-order valence-corrected chi connectivity index (χ2v) is 7.54. The molecule has 3 rings (SSSR count). The zero-order valence-corrected chi connectivity index (χ0v) is 17.9. The molecule has 0 aliphatic carbocycles. The Morgan fingerprint density at radius 3 is 2.90 bits per heavy atom. The van der Waals surface area contributed by atoms with E-state index in [1.165, 1.54) is 0 Å². The van der Waals surface area contributed by atoms with Crippen molar-refractivity contribution in [3.63, 3.8) is 0 Å². The highest BCUT2D eigenvalue weighted by Crippen LogP contribution is 2.21. The number of nitrogens with zero attached hydrogens (tertiary/aromatic N) is 4. The van der Waals surface area contributed by atoms with Crippen molar-refractivity contribution in [1.29, 1.82) is 0 Å². The van der Waals surface area contributed by atoms with Gasteiger partial charge < -0.3 is 15.0 Å². The van der Waals surface area contributed by atoms with E-state index >= 15 is 0 Å². The van der Waals surface area contributed by atoms with E-state index in [-0.39, 0.29) is 18.4 Å². The molecule has 2 aromatic heterocycles. The lowest BCUT2D eigenvalue weighted by atomic mass is 10.1. The van der Waals surface area contributed by atoms with E-state index in [1.807, 2.05) is 36.2 Å². The van der Waals surface area contributed by atoms with Crippen molar-refractivity contribution < 1.29 is 9.53 Å². The van der Waals surface area contributed by atoms with Gasteiger partial charge >= 0.3 is 0 Å². The Hall–Kier alpha value is -2.74. The normalized spacial score (nSPS) is 17.4. The number of hydrogen-bond acceptors (Lipinski definition) is 6. The third kappa shape index (κ3) is 6.39. The molecular weight excluding hydrogens is 434 g/mol. The summed E-state index contributed by atoms with van der Waals surface area (Å²) in [5.74, 6) is 1.17. The van der Waals surface area contributed by atoms with Gasteiger partial charge in [-0.3, -0.25) is 4.79 Å². The Labute approximate surface area is 179 Å². The van der Waals surface area contributed by atoms with E-state index in [1.54, 1.807) is 30.9 Å². The zero-order valence-electron chi connectivity index (χ0n) is 16.3. The summed E-state index contributed by atoms with van der Waals surface area (Å²) in [5.41, 5.74) is 0.778. The minimum Gasteiger partial charge on any atom is -0.472 e. The second-order valence-electron chi connectivity index (χ2n) is 6.63. The summed E-state index contributed by atoms with van der Waals surface area (Å²) in [7, 11) is 1.82. The number of ether oxygens (including phenoxy) is 1. The first-order chi connectivity index (χ1) is 14.2. The molecule has 0 bridgehead atoms. The summed E-state index contributed by atoms with van der Waals surface area (Å²) in [4.78, 5) is 27.7. The minimum atomic E-state index is -0.0639. The van der Waals surface area contributed by atoms with Crippen molar-refractivity contribution in [2.24, 2.45) is 0 Å². The van der Waals surface area contributed by atoms with Gasteiger partial charge in [-0.2, -0.15) is 0 Å². The molecule has 29 heavy (non-hydrogen) atoms. The first-order valence-electron chi connectivity index (χ1n) is 9.52. The van der Waals surface area contributed by atoms with Crippen LogP contribution >= 0.6 is 15.9 Å². The number of pyridine rings is 1. The van der Waals surface area contributed by atoms with Crippen molar-refractivity contribution >= 4 is 27.4 Å². The molecule has 2 aromatic rings. The summed E-state index contributed by atoms with van der Waals surface area (Å²) in [6, 6.07) is 5.48. The molecule has 0 radical (unpaired) electrons. The number of aromatic nitrogens is 3. The highest BCUT2D eigenvalue weighted by molar-refractivity contribution is 9.10. The summed E-state index contributed by atoms with van der Waals surface area (Å²) < 4.78 is 6.88. The molecule has 7 nitrogen and oxygen atoms in total. The van der Waals surface area contributed by atoms with Crippen molar-refractivity contribution in [3.8, 4) is 5.88 Å². The number of allylic oxidation sites excluding steroid dienone is 2. The van der Waals surface area contributed by atoms with Crippen LogP contribution in [0.3, 0.4) is 0 Å². The topological polar surface area (TPSA) is 80.2 Å². The summed E-state index contributed by atoms with van der Waals surface area (Å²) >= 11 is 3.37. The van der Waals surface area contributed by atoms with Gasteiger partial charge in [0.2, 0.25) is 11.8 Å². The second kappa shape index (κ2) is 10.7. The van der Waals surface area contributed by atoms with Crippen molar-refractivity contribution in [2.75, 3.05) is 20.1 Å². The highest BCUT2D eigenvalue weighted by Gasteiger charge is 2.26. The van der Waals surface area contributed by atoms with Gasteiger partial charge in [0.05, 0.1) is 13.0 Å². The van der Waals surface area contributed by atoms with E-state index in [0.717, 1.165) is 29.4 Å². The van der Waals surface area contributed by atoms with Crippen LogP contribution in [0.15, 0.2) is 59.6 Å². The number of hydrogen-bond donors (Lipinski definition) is 1. The summed E-state index contributed by atoms with van der Waals surface area (Å²) in [6.07, 6.45) is 12.5. The predicted molar refractivity (Wildman–Crippen MR) is 115 cm³/mol. The van der Waals surface area contributed by atoms with E-state index in [0.29, 0.717) is 18.2 Å². The molecule has 1 atom stereocenters. The van der Waals surface area contributed by atoms with E-state index in [4.69, 9.17) is 4.74 Å². The molecule has 1 N–H and O–H groups in total. The van der Waals surface area contributed by atoms with Gasteiger partial charge in [0.15, 0.2) is 5.82 Å². The van der Waals surface area contributed by atoms with Gasteiger partial charge in [-0.05, 0) is 53.2 Å². The van der Waals surface area contributed by atoms with E-state index in [2.05, 4.69) is 36.2 Å². The van der Waals surface area contributed by atoms with Crippen LogP contribution in [0.25, 0.3) is 5.57 Å². The Morgan fingerprint density at radius 2 is 2.17 bits per heavy atom. The molecule has 1 amide bonds. The van der Waals surface area contributed by atoms with E-state index < -0.39 is 0 Å². The molecule has 0 aromatic carbocycles. The van der Waals surface area contributed by atoms with Crippen molar-refractivity contribution in [3.05, 3.63) is 65.4 Å². The SMILES string of the molecule is CN/C=C\C=C(/CC(=O)N1CCC[C@@H](Oc2ccc(Br)cn2)C1)c1ncccn1. The molecule has 1 saturated heterocycles. The molecule has 3 heterocycles. The molecular formula is C21H24BrN5O2. The van der Waals surface area contributed by atoms with Gasteiger partial charge in [-0.1, -0.05) is 6.08 Å². The fourth-order valence-corrected chi connectivity index (χ4v) is 3.31. The Balaban J connectivity index is 1.65. The average molecular weight is 458 g/mol. The van der Waals surface area contributed by atoms with Crippen LogP contribution < -0.4 is 10.1 Å². The fourth-order valence-electron chi connectivity index (χ4n) is 3.08. The quantitative estimate of drug-likeness (QED) is 0.642. The number of halogens is 1. The van der Waals surface area contributed by atoms with Crippen LogP contribution in [0, 0.1) is 0 Å². The average Bonchev–Trinajstić information content (AvgIpc) is 2.75. The lowest BCUT2D eigenvalue weighted by Crippen LogP contribution is -2.44. The Kier molecular flexibility index (Phi) is 7.75. The molecule has 152 valence electrons. The van der Waals surface area contributed by atoms with Crippen LogP contribution in [0.1, 0.15) is 25.1 Å². The van der Waals surface area contributed by atoms with Gasteiger partial charge in [0.25, 0.3) is 0 Å². The molecule has 0 spiro atoms.